The Kier molecular flexibility index (Phi) is 4.33. The van der Waals surface area contributed by atoms with E-state index in [0.29, 0.717) is 12.5 Å². The van der Waals surface area contributed by atoms with E-state index < -0.39 is 0 Å². The molecule has 0 radical (unpaired) electrons. The SMILES string of the molecule is Cc1ccc(NC(N)=NCCc2c[nH]c3c(C)cccc23)cc1. The zero-order chi connectivity index (χ0) is 16.2. The van der Waals surface area contributed by atoms with Gasteiger partial charge >= 0.3 is 0 Å². The molecule has 4 N–H and O–H groups in total. The number of hydrogen-bond acceptors (Lipinski definition) is 1. The molecule has 0 bridgehead atoms. The number of para-hydroxylation sites is 1. The van der Waals surface area contributed by atoms with Gasteiger partial charge < -0.3 is 16.0 Å². The van der Waals surface area contributed by atoms with Crippen molar-refractivity contribution in [2.24, 2.45) is 10.7 Å². The molecule has 0 spiro atoms. The fourth-order valence-corrected chi connectivity index (χ4v) is 2.69. The Morgan fingerprint density at radius 2 is 1.91 bits per heavy atom. The van der Waals surface area contributed by atoms with Gasteiger partial charge in [-0.3, -0.25) is 4.99 Å². The lowest BCUT2D eigenvalue weighted by Crippen LogP contribution is -2.23. The topological polar surface area (TPSA) is 66.2 Å². The average molecular weight is 306 g/mol. The van der Waals surface area contributed by atoms with Gasteiger partial charge in [-0.25, -0.2) is 0 Å². The Balaban J connectivity index is 1.63. The van der Waals surface area contributed by atoms with Gasteiger partial charge in [0, 0.05) is 29.3 Å². The van der Waals surface area contributed by atoms with Crippen LogP contribution in [-0.2, 0) is 6.42 Å². The molecule has 23 heavy (non-hydrogen) atoms. The molecule has 0 fully saturated rings. The number of nitrogens with two attached hydrogens (primary N) is 1. The van der Waals surface area contributed by atoms with Crippen LogP contribution in [0.2, 0.25) is 0 Å². The van der Waals surface area contributed by atoms with E-state index in [1.807, 2.05) is 24.3 Å². The maximum absolute atomic E-state index is 5.95. The van der Waals surface area contributed by atoms with Gasteiger partial charge in [-0.05, 0) is 43.5 Å². The lowest BCUT2D eigenvalue weighted by Gasteiger charge is -2.06. The van der Waals surface area contributed by atoms with Crippen molar-refractivity contribution in [1.82, 2.24) is 4.98 Å². The summed E-state index contributed by atoms with van der Waals surface area (Å²) in [5.41, 5.74) is 11.9. The van der Waals surface area contributed by atoms with Gasteiger partial charge in [0.2, 0.25) is 0 Å². The lowest BCUT2D eigenvalue weighted by atomic mass is 10.1. The van der Waals surface area contributed by atoms with Crippen LogP contribution in [0.3, 0.4) is 0 Å². The minimum Gasteiger partial charge on any atom is -0.370 e. The predicted molar refractivity (Wildman–Crippen MR) is 98.0 cm³/mol. The molecule has 2 aromatic carbocycles. The largest absolute Gasteiger partial charge is 0.370 e. The normalized spacial score (nSPS) is 11.8. The first-order chi connectivity index (χ1) is 11.1. The first-order valence-corrected chi connectivity index (χ1v) is 7.82. The number of aromatic amines is 1. The highest BCUT2D eigenvalue weighted by atomic mass is 15.1. The second-order valence-corrected chi connectivity index (χ2v) is 5.82. The van der Waals surface area contributed by atoms with Gasteiger partial charge in [-0.1, -0.05) is 35.9 Å². The van der Waals surface area contributed by atoms with Gasteiger partial charge in [0.25, 0.3) is 0 Å². The van der Waals surface area contributed by atoms with E-state index in [1.165, 1.54) is 27.6 Å². The van der Waals surface area contributed by atoms with E-state index in [4.69, 9.17) is 5.73 Å². The average Bonchev–Trinajstić information content (AvgIpc) is 2.94. The van der Waals surface area contributed by atoms with Crippen LogP contribution in [0.4, 0.5) is 5.69 Å². The molecule has 0 amide bonds. The van der Waals surface area contributed by atoms with E-state index in [9.17, 15) is 0 Å². The number of aliphatic imine (C=N–C) groups is 1. The molecule has 3 rings (SSSR count). The molecule has 118 valence electrons. The number of rotatable bonds is 4. The molecule has 0 aliphatic carbocycles. The Morgan fingerprint density at radius 3 is 2.70 bits per heavy atom. The standard InChI is InChI=1S/C19H22N4/c1-13-6-8-16(9-7-13)23-19(20)21-11-10-15-12-22-18-14(2)4-3-5-17(15)18/h3-9,12,22H,10-11H2,1-2H3,(H3,20,21,23). The van der Waals surface area contributed by atoms with Crippen molar-refractivity contribution in [2.75, 3.05) is 11.9 Å². The summed E-state index contributed by atoms with van der Waals surface area (Å²) in [6, 6.07) is 14.4. The number of guanidine groups is 1. The van der Waals surface area contributed by atoms with E-state index in [1.54, 1.807) is 0 Å². The first kappa shape index (κ1) is 15.2. The van der Waals surface area contributed by atoms with E-state index >= 15 is 0 Å². The molecule has 4 heteroatoms. The van der Waals surface area contributed by atoms with Crippen molar-refractivity contribution < 1.29 is 0 Å². The molecule has 3 aromatic rings. The highest BCUT2D eigenvalue weighted by Gasteiger charge is 2.04. The molecule has 0 atom stereocenters. The molecular weight excluding hydrogens is 284 g/mol. The molecule has 0 saturated carbocycles. The number of H-pyrrole nitrogens is 1. The minimum absolute atomic E-state index is 0.449. The number of fused-ring (bicyclic) bond motifs is 1. The summed E-state index contributed by atoms with van der Waals surface area (Å²) < 4.78 is 0. The van der Waals surface area contributed by atoms with Crippen molar-refractivity contribution in [3.05, 3.63) is 65.4 Å². The van der Waals surface area contributed by atoms with Crippen molar-refractivity contribution >= 4 is 22.5 Å². The number of aromatic nitrogens is 1. The monoisotopic (exact) mass is 306 g/mol. The van der Waals surface area contributed by atoms with Crippen LogP contribution < -0.4 is 11.1 Å². The Labute approximate surface area is 136 Å². The van der Waals surface area contributed by atoms with Crippen LogP contribution >= 0.6 is 0 Å². The van der Waals surface area contributed by atoms with Crippen LogP contribution in [0.25, 0.3) is 10.9 Å². The summed E-state index contributed by atoms with van der Waals surface area (Å²) in [7, 11) is 0. The van der Waals surface area contributed by atoms with Crippen LogP contribution in [0, 0.1) is 13.8 Å². The smallest absolute Gasteiger partial charge is 0.193 e. The Morgan fingerprint density at radius 1 is 1.13 bits per heavy atom. The molecule has 0 aliphatic rings. The summed E-state index contributed by atoms with van der Waals surface area (Å²) >= 11 is 0. The quantitative estimate of drug-likeness (QED) is 0.507. The van der Waals surface area contributed by atoms with E-state index in [-0.39, 0.29) is 0 Å². The lowest BCUT2D eigenvalue weighted by molar-refractivity contribution is 0.972. The molecule has 0 aliphatic heterocycles. The number of benzene rings is 2. The zero-order valence-corrected chi connectivity index (χ0v) is 13.6. The highest BCUT2D eigenvalue weighted by Crippen LogP contribution is 2.21. The second-order valence-electron chi connectivity index (χ2n) is 5.82. The number of nitrogens with one attached hydrogen (secondary N) is 2. The molecule has 1 heterocycles. The van der Waals surface area contributed by atoms with Crippen molar-refractivity contribution in [3.63, 3.8) is 0 Å². The highest BCUT2D eigenvalue weighted by molar-refractivity contribution is 5.92. The third-order valence-corrected chi connectivity index (χ3v) is 4.00. The van der Waals surface area contributed by atoms with Crippen LogP contribution in [-0.4, -0.2) is 17.5 Å². The number of anilines is 1. The summed E-state index contributed by atoms with van der Waals surface area (Å²) in [5.74, 6) is 0.449. The summed E-state index contributed by atoms with van der Waals surface area (Å²) in [6.07, 6.45) is 2.93. The predicted octanol–water partition coefficient (Wildman–Crippen LogP) is 3.75. The summed E-state index contributed by atoms with van der Waals surface area (Å²) in [6.45, 7) is 4.83. The van der Waals surface area contributed by atoms with Crippen LogP contribution in [0.15, 0.2) is 53.7 Å². The van der Waals surface area contributed by atoms with E-state index in [0.717, 1.165) is 12.1 Å². The number of hydrogen-bond donors (Lipinski definition) is 3. The van der Waals surface area contributed by atoms with Gasteiger partial charge in [0.15, 0.2) is 5.96 Å². The third-order valence-electron chi connectivity index (χ3n) is 4.00. The summed E-state index contributed by atoms with van der Waals surface area (Å²) in [5, 5.41) is 4.38. The zero-order valence-electron chi connectivity index (χ0n) is 13.6. The minimum atomic E-state index is 0.449. The fraction of sp³-hybridized carbons (Fsp3) is 0.211. The molecule has 0 unspecified atom stereocenters. The van der Waals surface area contributed by atoms with Crippen LogP contribution in [0.5, 0.6) is 0 Å². The van der Waals surface area contributed by atoms with Gasteiger partial charge in [-0.2, -0.15) is 0 Å². The van der Waals surface area contributed by atoms with E-state index in [2.05, 4.69) is 53.5 Å². The Hall–Kier alpha value is -2.75. The number of nitrogens with zero attached hydrogens (tertiary/aromatic N) is 1. The molecule has 1 aromatic heterocycles. The first-order valence-electron chi connectivity index (χ1n) is 7.82. The maximum atomic E-state index is 5.95. The van der Waals surface area contributed by atoms with Crippen molar-refractivity contribution in [2.45, 2.75) is 20.3 Å². The second kappa shape index (κ2) is 6.57. The van der Waals surface area contributed by atoms with Gasteiger partial charge in [0.1, 0.15) is 0 Å². The molecule has 0 saturated heterocycles. The van der Waals surface area contributed by atoms with Gasteiger partial charge in [-0.15, -0.1) is 0 Å². The van der Waals surface area contributed by atoms with Crippen LogP contribution in [0.1, 0.15) is 16.7 Å². The Bertz CT molecular complexity index is 828. The third kappa shape index (κ3) is 3.54. The summed E-state index contributed by atoms with van der Waals surface area (Å²) in [4.78, 5) is 7.76. The number of aryl methyl sites for hydroxylation is 2. The molecular formula is C19H22N4. The van der Waals surface area contributed by atoms with Crippen molar-refractivity contribution in [3.8, 4) is 0 Å². The van der Waals surface area contributed by atoms with Gasteiger partial charge in [0.05, 0.1) is 0 Å². The molecule has 4 nitrogen and oxygen atoms in total. The van der Waals surface area contributed by atoms with Crippen molar-refractivity contribution in [1.29, 1.82) is 0 Å². The fourth-order valence-electron chi connectivity index (χ4n) is 2.69. The maximum Gasteiger partial charge on any atom is 0.193 e.